The van der Waals surface area contributed by atoms with E-state index in [1.54, 1.807) is 6.33 Å². The van der Waals surface area contributed by atoms with Gasteiger partial charge in [0.2, 0.25) is 0 Å². The summed E-state index contributed by atoms with van der Waals surface area (Å²) in [7, 11) is 0. The van der Waals surface area contributed by atoms with Crippen molar-refractivity contribution in [3.63, 3.8) is 0 Å². The standard InChI is InChI=1S/C12H15N.C8H17NO.C7H12N2/c1-12(2,3)10-8-13-11-7-5-4-6-9(10)11;1-8(2,3)9-4-6-10-7-5-9;1-7(2,3)6-4-8-5-9-6/h4-8,13H,1-3H3;4-7H2,1-3H3;4-5H,1-3H3,(H,8,9). The summed E-state index contributed by atoms with van der Waals surface area (Å²) < 4.78 is 5.25. The van der Waals surface area contributed by atoms with Crippen LogP contribution in [0.4, 0.5) is 0 Å². The van der Waals surface area contributed by atoms with Gasteiger partial charge in [-0.15, -0.1) is 0 Å². The molecule has 5 heteroatoms. The zero-order valence-electron chi connectivity index (χ0n) is 21.7. The molecular formula is C27H44N4O. The Hall–Kier alpha value is -2.11. The lowest BCUT2D eigenvalue weighted by Gasteiger charge is -2.38. The van der Waals surface area contributed by atoms with Crippen molar-refractivity contribution in [2.75, 3.05) is 26.3 Å². The van der Waals surface area contributed by atoms with Crippen LogP contribution in [0.5, 0.6) is 0 Å². The minimum absolute atomic E-state index is 0.205. The largest absolute Gasteiger partial charge is 0.379 e. The summed E-state index contributed by atoms with van der Waals surface area (Å²) in [5.74, 6) is 0. The zero-order valence-corrected chi connectivity index (χ0v) is 21.7. The third kappa shape index (κ3) is 7.79. The Labute approximate surface area is 195 Å². The molecule has 2 aromatic heterocycles. The molecule has 3 heterocycles. The third-order valence-corrected chi connectivity index (χ3v) is 5.66. The molecule has 4 rings (SSSR count). The summed E-state index contributed by atoms with van der Waals surface area (Å²) in [6.07, 6.45) is 5.69. The highest BCUT2D eigenvalue weighted by Crippen LogP contribution is 2.29. The monoisotopic (exact) mass is 440 g/mol. The van der Waals surface area contributed by atoms with Gasteiger partial charge in [-0.25, -0.2) is 4.98 Å². The minimum atomic E-state index is 0.205. The second-order valence-electron chi connectivity index (χ2n) is 11.5. The highest BCUT2D eigenvalue weighted by molar-refractivity contribution is 5.84. The minimum Gasteiger partial charge on any atom is -0.379 e. The van der Waals surface area contributed by atoms with Crippen LogP contribution in [-0.4, -0.2) is 51.7 Å². The highest BCUT2D eigenvalue weighted by atomic mass is 16.5. The Morgan fingerprint density at radius 3 is 1.91 bits per heavy atom. The van der Waals surface area contributed by atoms with Crippen molar-refractivity contribution in [1.82, 2.24) is 19.9 Å². The number of para-hydroxylation sites is 1. The van der Waals surface area contributed by atoms with Crippen LogP contribution in [0.25, 0.3) is 10.9 Å². The van der Waals surface area contributed by atoms with E-state index in [1.807, 2.05) is 6.20 Å². The summed E-state index contributed by atoms with van der Waals surface area (Å²) in [6.45, 7) is 23.9. The van der Waals surface area contributed by atoms with Gasteiger partial charge in [0, 0.05) is 53.0 Å². The molecule has 3 aromatic rings. The van der Waals surface area contributed by atoms with Crippen LogP contribution in [0.1, 0.15) is 73.6 Å². The van der Waals surface area contributed by atoms with Crippen molar-refractivity contribution < 1.29 is 4.74 Å². The van der Waals surface area contributed by atoms with Crippen LogP contribution in [0.2, 0.25) is 0 Å². The normalized spacial score (nSPS) is 15.5. The van der Waals surface area contributed by atoms with Crippen molar-refractivity contribution in [1.29, 1.82) is 0 Å². The van der Waals surface area contributed by atoms with Gasteiger partial charge in [0.25, 0.3) is 0 Å². The first-order chi connectivity index (χ1) is 14.8. The molecule has 1 saturated heterocycles. The number of nitrogens with zero attached hydrogens (tertiary/aromatic N) is 2. The number of rotatable bonds is 0. The molecule has 1 aliphatic rings. The van der Waals surface area contributed by atoms with Crippen LogP contribution in [0, 0.1) is 0 Å². The van der Waals surface area contributed by atoms with Crippen LogP contribution >= 0.6 is 0 Å². The van der Waals surface area contributed by atoms with Gasteiger partial charge in [0.15, 0.2) is 0 Å². The van der Waals surface area contributed by atoms with Gasteiger partial charge < -0.3 is 14.7 Å². The van der Waals surface area contributed by atoms with E-state index >= 15 is 0 Å². The molecule has 1 aromatic carbocycles. The predicted molar refractivity (Wildman–Crippen MR) is 136 cm³/mol. The van der Waals surface area contributed by atoms with E-state index in [0.717, 1.165) is 26.3 Å². The molecule has 0 bridgehead atoms. The molecular weight excluding hydrogens is 396 g/mol. The average molecular weight is 441 g/mol. The van der Waals surface area contributed by atoms with E-state index in [4.69, 9.17) is 4.74 Å². The molecule has 5 nitrogen and oxygen atoms in total. The number of aromatic nitrogens is 3. The number of H-pyrrole nitrogens is 2. The SMILES string of the molecule is CC(C)(C)N1CCOCC1.CC(C)(C)c1c[nH]c2ccccc12.CC(C)(C)c1cnc[nH]1. The average Bonchev–Trinajstić information content (AvgIpc) is 3.38. The molecule has 0 unspecified atom stereocenters. The van der Waals surface area contributed by atoms with Crippen molar-refractivity contribution in [2.45, 2.75) is 78.7 Å². The number of hydrogen-bond acceptors (Lipinski definition) is 3. The predicted octanol–water partition coefficient (Wildman–Crippen LogP) is 6.29. The number of ether oxygens (including phenoxy) is 1. The molecule has 1 aliphatic heterocycles. The van der Waals surface area contributed by atoms with E-state index in [2.05, 4.69) is 113 Å². The molecule has 1 fully saturated rings. The quantitative estimate of drug-likeness (QED) is 0.432. The van der Waals surface area contributed by atoms with E-state index in [-0.39, 0.29) is 10.8 Å². The molecule has 0 spiro atoms. The fourth-order valence-corrected chi connectivity index (χ4v) is 3.59. The first-order valence-corrected chi connectivity index (χ1v) is 11.7. The van der Waals surface area contributed by atoms with Crippen molar-refractivity contribution >= 4 is 10.9 Å². The van der Waals surface area contributed by atoms with Crippen molar-refractivity contribution in [2.24, 2.45) is 0 Å². The third-order valence-electron chi connectivity index (χ3n) is 5.66. The zero-order chi connectivity index (χ0) is 24.0. The van der Waals surface area contributed by atoms with E-state index in [1.165, 1.54) is 22.2 Å². The highest BCUT2D eigenvalue weighted by Gasteiger charge is 2.22. The lowest BCUT2D eigenvalue weighted by molar-refractivity contribution is -0.00389. The van der Waals surface area contributed by atoms with Gasteiger partial charge in [-0.1, -0.05) is 59.7 Å². The van der Waals surface area contributed by atoms with Gasteiger partial charge in [0.1, 0.15) is 0 Å². The summed E-state index contributed by atoms with van der Waals surface area (Å²) in [5.41, 5.74) is 4.55. The Bertz CT molecular complexity index is 915. The number of nitrogens with one attached hydrogen (secondary N) is 2. The van der Waals surface area contributed by atoms with E-state index in [9.17, 15) is 0 Å². The second-order valence-corrected chi connectivity index (χ2v) is 11.5. The van der Waals surface area contributed by atoms with Gasteiger partial charge in [0.05, 0.1) is 19.5 Å². The maximum Gasteiger partial charge on any atom is 0.0921 e. The Balaban J connectivity index is 0.000000174. The van der Waals surface area contributed by atoms with Gasteiger partial charge in [-0.05, 0) is 37.8 Å². The molecule has 32 heavy (non-hydrogen) atoms. The number of aromatic amines is 2. The van der Waals surface area contributed by atoms with Crippen molar-refractivity contribution in [3.05, 3.63) is 54.2 Å². The lowest BCUT2D eigenvalue weighted by Crippen LogP contribution is -2.47. The topological polar surface area (TPSA) is 56.9 Å². The first-order valence-electron chi connectivity index (χ1n) is 11.7. The molecule has 0 aliphatic carbocycles. The van der Waals surface area contributed by atoms with Gasteiger partial charge in [-0.2, -0.15) is 0 Å². The van der Waals surface area contributed by atoms with Gasteiger partial charge in [-0.3, -0.25) is 4.90 Å². The Kier molecular flexibility index (Phi) is 8.72. The maximum atomic E-state index is 5.25. The summed E-state index contributed by atoms with van der Waals surface area (Å²) >= 11 is 0. The fraction of sp³-hybridized carbons (Fsp3) is 0.593. The fourth-order valence-electron chi connectivity index (χ4n) is 3.59. The lowest BCUT2D eigenvalue weighted by atomic mass is 9.87. The number of imidazole rings is 1. The Morgan fingerprint density at radius 1 is 0.844 bits per heavy atom. The number of benzene rings is 1. The Morgan fingerprint density at radius 2 is 1.47 bits per heavy atom. The van der Waals surface area contributed by atoms with Crippen molar-refractivity contribution in [3.8, 4) is 0 Å². The van der Waals surface area contributed by atoms with Gasteiger partial charge >= 0.3 is 0 Å². The smallest absolute Gasteiger partial charge is 0.0921 e. The molecule has 0 atom stereocenters. The second kappa shape index (κ2) is 10.7. The van der Waals surface area contributed by atoms with Crippen LogP contribution in [0.3, 0.4) is 0 Å². The molecule has 2 N–H and O–H groups in total. The molecule has 0 saturated carbocycles. The first kappa shape index (κ1) is 26.1. The number of hydrogen-bond donors (Lipinski definition) is 2. The van der Waals surface area contributed by atoms with E-state index < -0.39 is 0 Å². The number of fused-ring (bicyclic) bond motifs is 1. The summed E-state index contributed by atoms with van der Waals surface area (Å²) in [6, 6.07) is 8.44. The summed E-state index contributed by atoms with van der Waals surface area (Å²) in [5, 5.41) is 1.34. The molecule has 0 radical (unpaired) electrons. The maximum absolute atomic E-state index is 5.25. The molecule has 178 valence electrons. The van der Waals surface area contributed by atoms with Crippen LogP contribution < -0.4 is 0 Å². The molecule has 0 amide bonds. The van der Waals surface area contributed by atoms with Crippen LogP contribution in [-0.2, 0) is 15.6 Å². The van der Waals surface area contributed by atoms with E-state index in [0.29, 0.717) is 5.54 Å². The number of morpholine rings is 1. The summed E-state index contributed by atoms with van der Waals surface area (Å²) in [4.78, 5) is 12.7. The van der Waals surface area contributed by atoms with Crippen LogP contribution in [0.15, 0.2) is 43.0 Å².